The van der Waals surface area contributed by atoms with Crippen molar-refractivity contribution in [2.45, 2.75) is 6.42 Å². The highest BCUT2D eigenvalue weighted by Crippen LogP contribution is 2.26. The Kier molecular flexibility index (Phi) is 3.91. The van der Waals surface area contributed by atoms with Crippen molar-refractivity contribution in [3.63, 3.8) is 0 Å². The van der Waals surface area contributed by atoms with Crippen LogP contribution in [0.2, 0.25) is 0 Å². The second-order valence-corrected chi connectivity index (χ2v) is 5.38. The quantitative estimate of drug-likeness (QED) is 0.908. The third kappa shape index (κ3) is 3.00. The summed E-state index contributed by atoms with van der Waals surface area (Å²) >= 11 is 0. The lowest BCUT2D eigenvalue weighted by Crippen LogP contribution is -2.36. The van der Waals surface area contributed by atoms with E-state index in [0.717, 1.165) is 22.4 Å². The highest BCUT2D eigenvalue weighted by Gasteiger charge is 2.20. The second kappa shape index (κ2) is 6.01. The van der Waals surface area contributed by atoms with Crippen LogP contribution in [0.15, 0.2) is 41.2 Å². The number of carbonyl (C=O) groups is 1. The van der Waals surface area contributed by atoms with Crippen LogP contribution < -0.4 is 15.6 Å². The number of ether oxygens (including phenoxy) is 1. The maximum Gasteiger partial charge on any atom is 0.271 e. The van der Waals surface area contributed by atoms with Crippen LogP contribution in [0.5, 0.6) is 5.75 Å². The molecular weight excluding hydrogens is 282 g/mol. The van der Waals surface area contributed by atoms with Crippen molar-refractivity contribution in [1.82, 2.24) is 15.1 Å². The van der Waals surface area contributed by atoms with Crippen LogP contribution in [-0.4, -0.2) is 28.8 Å². The van der Waals surface area contributed by atoms with Crippen molar-refractivity contribution < 1.29 is 9.53 Å². The normalized spacial score (nSPS) is 16.5. The van der Waals surface area contributed by atoms with Gasteiger partial charge in [-0.1, -0.05) is 18.2 Å². The van der Waals surface area contributed by atoms with Gasteiger partial charge in [0.15, 0.2) is 0 Å². The summed E-state index contributed by atoms with van der Waals surface area (Å²) in [6, 6.07) is 10.7. The summed E-state index contributed by atoms with van der Waals surface area (Å²) < 4.78 is 6.84. The molecule has 1 atom stereocenters. The lowest BCUT2D eigenvalue weighted by molar-refractivity contribution is 0.0931. The maximum absolute atomic E-state index is 12.1. The Morgan fingerprint density at radius 3 is 3.00 bits per heavy atom. The average Bonchev–Trinajstić information content (AvgIpc) is 2.55. The molecule has 0 radical (unpaired) electrons. The van der Waals surface area contributed by atoms with E-state index in [1.54, 1.807) is 0 Å². The molecule has 1 aliphatic rings. The Morgan fingerprint density at radius 2 is 2.18 bits per heavy atom. The van der Waals surface area contributed by atoms with Crippen molar-refractivity contribution in [2.24, 2.45) is 13.0 Å². The molecule has 0 spiro atoms. The first-order valence-electron chi connectivity index (χ1n) is 7.17. The molecule has 1 unspecified atom stereocenters. The van der Waals surface area contributed by atoms with Gasteiger partial charge in [0.2, 0.25) is 0 Å². The van der Waals surface area contributed by atoms with Gasteiger partial charge in [0.1, 0.15) is 11.4 Å². The summed E-state index contributed by atoms with van der Waals surface area (Å²) in [6.45, 7) is 1.09. The highest BCUT2D eigenvalue weighted by atomic mass is 16.5. The highest BCUT2D eigenvalue weighted by molar-refractivity contribution is 5.91. The van der Waals surface area contributed by atoms with Gasteiger partial charge in [0, 0.05) is 25.6 Å². The van der Waals surface area contributed by atoms with Gasteiger partial charge in [-0.3, -0.25) is 9.59 Å². The number of hydrogen-bond donors (Lipinski definition) is 1. The standard InChI is InChI=1S/C16H17N3O3/c1-19-15(20)7-6-13(18-19)16(21)17-9-11-8-12-4-2-3-5-14(12)22-10-11/h2-7,11H,8-10H2,1H3,(H,17,21). The molecule has 3 rings (SSSR count). The fourth-order valence-electron chi connectivity index (χ4n) is 2.47. The van der Waals surface area contributed by atoms with Gasteiger partial charge in [-0.25, -0.2) is 4.68 Å². The molecule has 114 valence electrons. The third-order valence-electron chi connectivity index (χ3n) is 3.70. The van der Waals surface area contributed by atoms with E-state index < -0.39 is 0 Å². The number of benzene rings is 1. The Morgan fingerprint density at radius 1 is 1.36 bits per heavy atom. The molecule has 1 aliphatic heterocycles. The number of rotatable bonds is 3. The van der Waals surface area contributed by atoms with Crippen molar-refractivity contribution in [1.29, 1.82) is 0 Å². The van der Waals surface area contributed by atoms with Crippen LogP contribution in [0.25, 0.3) is 0 Å². The van der Waals surface area contributed by atoms with Crippen LogP contribution in [-0.2, 0) is 13.5 Å². The fraction of sp³-hybridized carbons (Fsp3) is 0.312. The smallest absolute Gasteiger partial charge is 0.271 e. The van der Waals surface area contributed by atoms with Crippen LogP contribution >= 0.6 is 0 Å². The third-order valence-corrected chi connectivity index (χ3v) is 3.70. The topological polar surface area (TPSA) is 73.2 Å². The van der Waals surface area contributed by atoms with E-state index in [1.165, 1.54) is 19.2 Å². The molecule has 0 fully saturated rings. The number of nitrogens with one attached hydrogen (secondary N) is 1. The van der Waals surface area contributed by atoms with Crippen LogP contribution in [0, 0.1) is 5.92 Å². The van der Waals surface area contributed by atoms with E-state index in [4.69, 9.17) is 4.74 Å². The van der Waals surface area contributed by atoms with Gasteiger partial charge in [0.25, 0.3) is 11.5 Å². The zero-order chi connectivity index (χ0) is 15.5. The first kappa shape index (κ1) is 14.3. The molecule has 22 heavy (non-hydrogen) atoms. The van der Waals surface area contributed by atoms with Gasteiger partial charge in [-0.05, 0) is 24.1 Å². The fourth-order valence-corrected chi connectivity index (χ4v) is 2.47. The minimum atomic E-state index is -0.283. The molecule has 1 amide bonds. The number of para-hydroxylation sites is 1. The Balaban J connectivity index is 1.60. The molecular formula is C16H17N3O3. The summed E-state index contributed by atoms with van der Waals surface area (Å²) in [5.41, 5.74) is 1.15. The maximum atomic E-state index is 12.1. The number of fused-ring (bicyclic) bond motifs is 1. The average molecular weight is 299 g/mol. The summed E-state index contributed by atoms with van der Waals surface area (Å²) in [5, 5.41) is 6.78. The van der Waals surface area contributed by atoms with E-state index in [0.29, 0.717) is 13.2 Å². The van der Waals surface area contributed by atoms with Crippen LogP contribution in [0.4, 0.5) is 0 Å². The van der Waals surface area contributed by atoms with Crippen molar-refractivity contribution in [3.05, 3.63) is 58.0 Å². The molecule has 1 aromatic carbocycles. The SMILES string of the molecule is Cn1nc(C(=O)NCC2COc3ccccc3C2)ccc1=O. The van der Waals surface area contributed by atoms with Crippen molar-refractivity contribution >= 4 is 5.91 Å². The minimum Gasteiger partial charge on any atom is -0.493 e. The van der Waals surface area contributed by atoms with Gasteiger partial charge < -0.3 is 10.1 Å². The molecule has 1 N–H and O–H groups in total. The summed E-state index contributed by atoms with van der Waals surface area (Å²) in [7, 11) is 1.52. The molecule has 2 heterocycles. The zero-order valence-electron chi connectivity index (χ0n) is 12.3. The number of nitrogens with zero attached hydrogens (tertiary/aromatic N) is 2. The Labute approximate surface area is 127 Å². The molecule has 0 bridgehead atoms. The lowest BCUT2D eigenvalue weighted by Gasteiger charge is -2.25. The number of amides is 1. The van der Waals surface area contributed by atoms with E-state index in [1.807, 2.05) is 24.3 Å². The summed E-state index contributed by atoms with van der Waals surface area (Å²) in [6.07, 6.45) is 0.872. The first-order valence-corrected chi connectivity index (χ1v) is 7.17. The Bertz CT molecular complexity index is 754. The van der Waals surface area contributed by atoms with Gasteiger partial charge >= 0.3 is 0 Å². The molecule has 2 aromatic rings. The van der Waals surface area contributed by atoms with E-state index in [-0.39, 0.29) is 23.1 Å². The first-order chi connectivity index (χ1) is 10.6. The van der Waals surface area contributed by atoms with E-state index in [2.05, 4.69) is 10.4 Å². The van der Waals surface area contributed by atoms with Crippen molar-refractivity contribution in [2.75, 3.05) is 13.2 Å². The molecule has 1 aromatic heterocycles. The predicted octanol–water partition coefficient (Wildman–Crippen LogP) is 0.761. The van der Waals surface area contributed by atoms with Crippen molar-refractivity contribution in [3.8, 4) is 5.75 Å². The number of aromatic nitrogens is 2. The second-order valence-electron chi connectivity index (χ2n) is 5.38. The molecule has 0 saturated carbocycles. The van der Waals surface area contributed by atoms with Crippen LogP contribution in [0.1, 0.15) is 16.1 Å². The molecule has 0 aliphatic carbocycles. The lowest BCUT2D eigenvalue weighted by atomic mass is 9.97. The van der Waals surface area contributed by atoms with Gasteiger partial charge in [-0.15, -0.1) is 0 Å². The van der Waals surface area contributed by atoms with Gasteiger partial charge in [0.05, 0.1) is 6.61 Å². The number of hydrogen-bond acceptors (Lipinski definition) is 4. The largest absolute Gasteiger partial charge is 0.493 e. The van der Waals surface area contributed by atoms with E-state index in [9.17, 15) is 9.59 Å². The predicted molar refractivity (Wildman–Crippen MR) is 80.9 cm³/mol. The zero-order valence-corrected chi connectivity index (χ0v) is 12.3. The number of aryl methyl sites for hydroxylation is 1. The molecule has 0 saturated heterocycles. The molecule has 6 heteroatoms. The van der Waals surface area contributed by atoms with Gasteiger partial charge in [-0.2, -0.15) is 5.10 Å². The van der Waals surface area contributed by atoms with Crippen LogP contribution in [0.3, 0.4) is 0 Å². The number of carbonyl (C=O) groups excluding carboxylic acids is 1. The minimum absolute atomic E-state index is 0.228. The molecule has 6 nitrogen and oxygen atoms in total. The summed E-state index contributed by atoms with van der Waals surface area (Å²) in [4.78, 5) is 23.3. The Hall–Kier alpha value is -2.63. The van der Waals surface area contributed by atoms with E-state index >= 15 is 0 Å². The monoisotopic (exact) mass is 299 g/mol. The summed E-state index contributed by atoms with van der Waals surface area (Å²) in [5.74, 6) is 0.866.